The van der Waals surface area contributed by atoms with Crippen molar-refractivity contribution >= 4 is 0 Å². The Labute approximate surface area is 93.2 Å². The summed E-state index contributed by atoms with van der Waals surface area (Å²) in [4.78, 5) is 4.95. The number of hydrogen-bond acceptors (Lipinski definition) is 2. The Morgan fingerprint density at radius 2 is 2.13 bits per heavy atom. The first-order chi connectivity index (χ1) is 7.25. The zero-order valence-electron chi connectivity index (χ0n) is 9.95. The summed E-state index contributed by atoms with van der Waals surface area (Å²) in [5, 5.41) is 0. The molecule has 0 spiro atoms. The van der Waals surface area contributed by atoms with Crippen LogP contribution in [0.25, 0.3) is 0 Å². The van der Waals surface area contributed by atoms with Crippen LogP contribution >= 0.6 is 0 Å². The molecule has 1 fully saturated rings. The number of likely N-dealkylation sites (N-methyl/N-ethyl adjacent to an activating group) is 2. The summed E-state index contributed by atoms with van der Waals surface area (Å²) in [6, 6.07) is 0.706. The summed E-state index contributed by atoms with van der Waals surface area (Å²) in [5.41, 5.74) is 1.54. The topological polar surface area (TPSA) is 6.48 Å². The molecule has 1 aliphatic carbocycles. The van der Waals surface area contributed by atoms with Crippen molar-refractivity contribution in [3.63, 3.8) is 0 Å². The van der Waals surface area contributed by atoms with Crippen molar-refractivity contribution in [1.82, 2.24) is 9.80 Å². The van der Waals surface area contributed by atoms with Gasteiger partial charge >= 0.3 is 0 Å². The molecule has 2 heteroatoms. The maximum Gasteiger partial charge on any atom is 0.0260 e. The van der Waals surface area contributed by atoms with E-state index in [-0.39, 0.29) is 0 Å². The van der Waals surface area contributed by atoms with Gasteiger partial charge in [0.2, 0.25) is 0 Å². The highest BCUT2D eigenvalue weighted by molar-refractivity contribution is 5.23. The first-order valence-corrected chi connectivity index (χ1v) is 6.00. The Hall–Kier alpha value is -0.600. The van der Waals surface area contributed by atoms with E-state index in [0.717, 1.165) is 0 Å². The second-order valence-corrected chi connectivity index (χ2v) is 4.86. The first-order valence-electron chi connectivity index (χ1n) is 6.00. The molecule has 1 saturated heterocycles. The summed E-state index contributed by atoms with van der Waals surface area (Å²) in [6.07, 6.45) is 10.7. The molecule has 1 atom stereocenters. The van der Waals surface area contributed by atoms with Crippen molar-refractivity contribution < 1.29 is 0 Å². The molecule has 2 rings (SSSR count). The number of allylic oxidation sites excluding steroid dienone is 3. The molecule has 0 N–H and O–H groups in total. The third kappa shape index (κ3) is 2.93. The molecular weight excluding hydrogens is 184 g/mol. The minimum Gasteiger partial charge on any atom is -0.304 e. The Morgan fingerprint density at radius 3 is 2.87 bits per heavy atom. The van der Waals surface area contributed by atoms with Gasteiger partial charge in [-0.3, -0.25) is 0 Å². The number of rotatable bonds is 2. The lowest BCUT2D eigenvalue weighted by Gasteiger charge is -2.38. The maximum atomic E-state index is 2.50. The molecule has 0 aromatic carbocycles. The Morgan fingerprint density at radius 1 is 1.27 bits per heavy atom. The monoisotopic (exact) mass is 206 g/mol. The Kier molecular flexibility index (Phi) is 3.60. The molecular formula is C13H22N2. The van der Waals surface area contributed by atoms with E-state index in [2.05, 4.69) is 42.1 Å². The van der Waals surface area contributed by atoms with E-state index in [4.69, 9.17) is 0 Å². The summed E-state index contributed by atoms with van der Waals surface area (Å²) in [6.45, 7) is 3.63. The largest absolute Gasteiger partial charge is 0.304 e. The lowest BCUT2D eigenvalue weighted by atomic mass is 9.98. The van der Waals surface area contributed by atoms with Crippen molar-refractivity contribution in [2.24, 2.45) is 0 Å². The third-order valence-corrected chi connectivity index (χ3v) is 3.52. The van der Waals surface area contributed by atoms with Gasteiger partial charge in [-0.15, -0.1) is 0 Å². The lowest BCUT2D eigenvalue weighted by molar-refractivity contribution is 0.115. The van der Waals surface area contributed by atoms with Crippen LogP contribution in [-0.4, -0.2) is 49.6 Å². The minimum absolute atomic E-state index is 0.706. The molecule has 1 unspecified atom stereocenters. The molecule has 0 saturated carbocycles. The van der Waals surface area contributed by atoms with E-state index >= 15 is 0 Å². The van der Waals surface area contributed by atoms with E-state index in [1.54, 1.807) is 0 Å². The van der Waals surface area contributed by atoms with Gasteiger partial charge < -0.3 is 9.80 Å². The quantitative estimate of drug-likeness (QED) is 0.681. The van der Waals surface area contributed by atoms with Crippen LogP contribution in [0.3, 0.4) is 0 Å². The second kappa shape index (κ2) is 4.95. The number of piperazine rings is 1. The minimum atomic E-state index is 0.706. The van der Waals surface area contributed by atoms with Gasteiger partial charge in [-0.05, 0) is 33.4 Å². The molecule has 84 valence electrons. The summed E-state index contributed by atoms with van der Waals surface area (Å²) in [5.74, 6) is 0. The predicted octanol–water partition coefficient (Wildman–Crippen LogP) is 1.90. The summed E-state index contributed by atoms with van der Waals surface area (Å²) < 4.78 is 0. The molecule has 0 radical (unpaired) electrons. The van der Waals surface area contributed by atoms with Gasteiger partial charge in [0.25, 0.3) is 0 Å². The van der Waals surface area contributed by atoms with E-state index < -0.39 is 0 Å². The van der Waals surface area contributed by atoms with E-state index in [1.807, 2.05) is 0 Å². The number of hydrogen-bond donors (Lipinski definition) is 0. The van der Waals surface area contributed by atoms with Gasteiger partial charge in [0.1, 0.15) is 0 Å². The fourth-order valence-electron chi connectivity index (χ4n) is 2.41. The molecule has 1 heterocycles. The Bertz CT molecular complexity index is 268. The van der Waals surface area contributed by atoms with Crippen LogP contribution < -0.4 is 0 Å². The van der Waals surface area contributed by atoms with Crippen LogP contribution in [0.5, 0.6) is 0 Å². The van der Waals surface area contributed by atoms with E-state index in [0.29, 0.717) is 6.04 Å². The van der Waals surface area contributed by atoms with Gasteiger partial charge in [0, 0.05) is 25.7 Å². The van der Waals surface area contributed by atoms with Gasteiger partial charge in [-0.2, -0.15) is 0 Å². The van der Waals surface area contributed by atoms with Gasteiger partial charge in [0.15, 0.2) is 0 Å². The molecule has 0 amide bonds. The summed E-state index contributed by atoms with van der Waals surface area (Å²) in [7, 11) is 4.48. The number of nitrogens with zero attached hydrogens (tertiary/aromatic N) is 2. The SMILES string of the molecule is CN1CCN(C)C(CC2=CCCC=C2)C1. The standard InChI is InChI=1S/C13H22N2/c1-14-8-9-15(2)13(11-14)10-12-6-4-3-5-7-12/h4,6-7,13H,3,5,8-11H2,1-2H3. The molecule has 0 bridgehead atoms. The molecule has 2 aliphatic rings. The fourth-order valence-corrected chi connectivity index (χ4v) is 2.41. The smallest absolute Gasteiger partial charge is 0.0260 e. The van der Waals surface area contributed by atoms with Crippen LogP contribution in [0, 0.1) is 0 Å². The zero-order chi connectivity index (χ0) is 10.7. The van der Waals surface area contributed by atoms with Crippen LogP contribution in [0.2, 0.25) is 0 Å². The van der Waals surface area contributed by atoms with Crippen LogP contribution in [0.4, 0.5) is 0 Å². The zero-order valence-corrected chi connectivity index (χ0v) is 9.95. The van der Waals surface area contributed by atoms with Crippen LogP contribution in [-0.2, 0) is 0 Å². The van der Waals surface area contributed by atoms with Gasteiger partial charge in [-0.1, -0.05) is 23.8 Å². The average molecular weight is 206 g/mol. The molecule has 2 nitrogen and oxygen atoms in total. The van der Waals surface area contributed by atoms with Crippen molar-refractivity contribution in [3.05, 3.63) is 23.8 Å². The molecule has 0 aromatic rings. The van der Waals surface area contributed by atoms with Crippen LogP contribution in [0.15, 0.2) is 23.8 Å². The summed E-state index contributed by atoms with van der Waals surface area (Å²) >= 11 is 0. The highest BCUT2D eigenvalue weighted by atomic mass is 15.3. The molecule has 0 aromatic heterocycles. The average Bonchev–Trinajstić information content (AvgIpc) is 2.25. The highest BCUT2D eigenvalue weighted by Gasteiger charge is 2.22. The lowest BCUT2D eigenvalue weighted by Crippen LogP contribution is -2.49. The molecule has 15 heavy (non-hydrogen) atoms. The molecule has 1 aliphatic heterocycles. The normalized spacial score (nSPS) is 29.2. The highest BCUT2D eigenvalue weighted by Crippen LogP contribution is 2.19. The maximum absolute atomic E-state index is 2.50. The predicted molar refractivity (Wildman–Crippen MR) is 65.0 cm³/mol. The van der Waals surface area contributed by atoms with Crippen molar-refractivity contribution in [1.29, 1.82) is 0 Å². The van der Waals surface area contributed by atoms with Gasteiger partial charge in [0.05, 0.1) is 0 Å². The first kappa shape index (κ1) is 10.9. The van der Waals surface area contributed by atoms with Crippen molar-refractivity contribution in [2.45, 2.75) is 25.3 Å². The van der Waals surface area contributed by atoms with Gasteiger partial charge in [-0.25, -0.2) is 0 Å². The van der Waals surface area contributed by atoms with E-state index in [9.17, 15) is 0 Å². The fraction of sp³-hybridized carbons (Fsp3) is 0.692. The van der Waals surface area contributed by atoms with Crippen molar-refractivity contribution in [3.8, 4) is 0 Å². The van der Waals surface area contributed by atoms with Crippen LogP contribution in [0.1, 0.15) is 19.3 Å². The Balaban J connectivity index is 1.92. The van der Waals surface area contributed by atoms with E-state index in [1.165, 1.54) is 44.5 Å². The third-order valence-electron chi connectivity index (χ3n) is 3.52. The second-order valence-electron chi connectivity index (χ2n) is 4.86. The van der Waals surface area contributed by atoms with Crippen molar-refractivity contribution in [2.75, 3.05) is 33.7 Å².